The van der Waals surface area contributed by atoms with Crippen LogP contribution in [-0.4, -0.2) is 178 Å². The summed E-state index contributed by atoms with van der Waals surface area (Å²) < 4.78 is 14.9. The van der Waals surface area contributed by atoms with Gasteiger partial charge in [-0.1, -0.05) is 126 Å². The van der Waals surface area contributed by atoms with E-state index in [-0.39, 0.29) is 47.5 Å². The van der Waals surface area contributed by atoms with Gasteiger partial charge in [0, 0.05) is 138 Å². The second-order valence-electron chi connectivity index (χ2n) is 34.9. The van der Waals surface area contributed by atoms with Crippen molar-refractivity contribution >= 4 is 43.6 Å². The van der Waals surface area contributed by atoms with Crippen molar-refractivity contribution in [1.29, 1.82) is 0 Å². The number of pyridine rings is 4. The van der Waals surface area contributed by atoms with Crippen molar-refractivity contribution in [2.45, 2.75) is 131 Å². The molecule has 0 aliphatic carbocycles. The predicted molar refractivity (Wildman–Crippen MR) is 511 cm³/mol. The Balaban J connectivity index is 0.000000119. The molecule has 20 rings (SSSR count). The van der Waals surface area contributed by atoms with Gasteiger partial charge in [0.1, 0.15) is 0 Å². The van der Waals surface area contributed by atoms with E-state index in [0.29, 0.717) is 5.92 Å². The smallest absolute Gasteiger partial charge is 0.255 e. The SMILES string of the molecule is Cc1ccc(-c2ccn(-c3ccc4c(cnn4CCCN4CCCC4)c3)c(=O)c2)cc1.Cc1ccc(-c2ccn(-c3ccc4c(cnn4CCN4CCC[C@@H]4CO)c3)c(=O)c2)cc1.Cc1ccc(-c2ccn(-c3ccc4c(cnn4CCN4CCC[C@H]4CO)c3)c(=O)c2)cc1.Cc1ccc(-c2ccn(-c3ccc4c(cnn4C[C@H](C)CN4CCCC4)c3)c(=O)c2)cc1. The van der Waals surface area contributed by atoms with Crippen molar-refractivity contribution < 1.29 is 10.2 Å². The molecule has 22 heteroatoms. The summed E-state index contributed by atoms with van der Waals surface area (Å²) in [7, 11) is 0. The first-order valence-corrected chi connectivity index (χ1v) is 45.2. The molecule has 3 atom stereocenters. The molecule has 8 aromatic heterocycles. The monoisotopic (exact) mass is 1690 g/mol. The number of fused-ring (bicyclic) bond motifs is 4. The average Bonchev–Trinajstić information content (AvgIpc) is 1.75. The molecule has 0 spiro atoms. The molecule has 0 unspecified atom stereocenters. The Hall–Kier alpha value is -12.8. The van der Waals surface area contributed by atoms with Crippen molar-refractivity contribution in [3.63, 3.8) is 0 Å². The summed E-state index contributed by atoms with van der Waals surface area (Å²) in [6.45, 7) is 25.4. The van der Waals surface area contributed by atoms with E-state index in [1.807, 2.05) is 162 Å². The summed E-state index contributed by atoms with van der Waals surface area (Å²) in [4.78, 5) is 61.2. The van der Waals surface area contributed by atoms with Gasteiger partial charge in [-0.3, -0.25) is 66.0 Å². The van der Waals surface area contributed by atoms with Gasteiger partial charge in [0.2, 0.25) is 0 Å². The molecular weight excluding hydrogens is 1580 g/mol. The van der Waals surface area contributed by atoms with Crippen LogP contribution in [0.5, 0.6) is 0 Å². The summed E-state index contributed by atoms with van der Waals surface area (Å²) in [5, 5.41) is 41.6. The predicted octanol–water partition coefficient (Wildman–Crippen LogP) is 16.8. The molecular formula is C105H114N16O6. The number of rotatable bonds is 24. The van der Waals surface area contributed by atoms with Gasteiger partial charge in [-0.15, -0.1) is 0 Å². The van der Waals surface area contributed by atoms with Gasteiger partial charge in [0.25, 0.3) is 22.2 Å². The summed E-state index contributed by atoms with van der Waals surface area (Å²) >= 11 is 0. The zero-order chi connectivity index (χ0) is 87.4. The highest BCUT2D eigenvalue weighted by Gasteiger charge is 2.26. The van der Waals surface area contributed by atoms with Crippen LogP contribution in [0.15, 0.2) is 287 Å². The van der Waals surface area contributed by atoms with Crippen LogP contribution in [-0.2, 0) is 26.2 Å². The Bertz CT molecular complexity index is 6520. The summed E-state index contributed by atoms with van der Waals surface area (Å²) in [6, 6.07) is 72.5. The Morgan fingerprint density at radius 1 is 0.307 bits per heavy atom. The van der Waals surface area contributed by atoms with Crippen LogP contribution in [0, 0.1) is 33.6 Å². The average molecular weight is 1700 g/mol. The molecule has 4 aliphatic rings. The largest absolute Gasteiger partial charge is 0.395 e. The summed E-state index contributed by atoms with van der Waals surface area (Å²) in [5.41, 5.74) is 20.3. The van der Waals surface area contributed by atoms with Crippen LogP contribution < -0.4 is 22.2 Å². The molecule has 650 valence electrons. The van der Waals surface area contributed by atoms with Crippen LogP contribution in [0.1, 0.15) is 87.0 Å². The maximum absolute atomic E-state index is 12.9. The first-order valence-electron chi connectivity index (χ1n) is 45.2. The third-order valence-electron chi connectivity index (χ3n) is 25.7. The molecule has 0 amide bonds. The fourth-order valence-electron chi connectivity index (χ4n) is 18.5. The lowest BCUT2D eigenvalue weighted by atomic mass is 10.1. The number of hydrogen-bond donors (Lipinski definition) is 2. The normalized spacial score (nSPS) is 15.9. The molecule has 22 nitrogen and oxygen atoms in total. The van der Waals surface area contributed by atoms with E-state index in [9.17, 15) is 29.4 Å². The molecule has 4 saturated heterocycles. The number of benzene rings is 8. The van der Waals surface area contributed by atoms with Crippen molar-refractivity contribution in [2.75, 3.05) is 78.7 Å². The number of nitrogens with zero attached hydrogens (tertiary/aromatic N) is 16. The third-order valence-corrected chi connectivity index (χ3v) is 25.7. The molecule has 0 bridgehead atoms. The van der Waals surface area contributed by atoms with Crippen molar-refractivity contribution in [2.24, 2.45) is 5.92 Å². The highest BCUT2D eigenvalue weighted by atomic mass is 16.3. The molecule has 127 heavy (non-hydrogen) atoms. The van der Waals surface area contributed by atoms with E-state index in [4.69, 9.17) is 0 Å². The molecule has 4 aliphatic heterocycles. The lowest BCUT2D eigenvalue weighted by Crippen LogP contribution is -2.34. The number of aromatic nitrogens is 12. The van der Waals surface area contributed by atoms with Crippen LogP contribution >= 0.6 is 0 Å². The summed E-state index contributed by atoms with van der Waals surface area (Å²) in [6.07, 6.45) is 25.8. The van der Waals surface area contributed by atoms with Gasteiger partial charge in [-0.25, -0.2) is 0 Å². The van der Waals surface area contributed by atoms with Crippen LogP contribution in [0.3, 0.4) is 0 Å². The van der Waals surface area contributed by atoms with Crippen molar-refractivity contribution in [1.82, 2.24) is 77.0 Å². The lowest BCUT2D eigenvalue weighted by Gasteiger charge is -2.22. The number of likely N-dealkylation sites (tertiary alicyclic amines) is 4. The van der Waals surface area contributed by atoms with E-state index in [1.54, 1.807) is 42.5 Å². The second-order valence-corrected chi connectivity index (χ2v) is 34.9. The quantitative estimate of drug-likeness (QED) is 0.0576. The Kier molecular flexibility index (Phi) is 27.1. The van der Waals surface area contributed by atoms with Gasteiger partial charge < -0.3 is 20.0 Å². The van der Waals surface area contributed by atoms with Crippen LogP contribution in [0.25, 0.3) is 111 Å². The van der Waals surface area contributed by atoms with Gasteiger partial charge in [-0.05, 0) is 279 Å². The lowest BCUT2D eigenvalue weighted by molar-refractivity contribution is 0.154. The highest BCUT2D eigenvalue weighted by Crippen LogP contribution is 2.30. The van der Waals surface area contributed by atoms with Crippen molar-refractivity contribution in [3.8, 4) is 67.3 Å². The molecule has 8 aromatic carbocycles. The maximum Gasteiger partial charge on any atom is 0.255 e. The third kappa shape index (κ3) is 20.5. The van der Waals surface area contributed by atoms with E-state index < -0.39 is 0 Å². The minimum absolute atomic E-state index is 0.0320. The first kappa shape index (κ1) is 86.3. The minimum atomic E-state index is -0.0566. The van der Waals surface area contributed by atoms with E-state index in [2.05, 4.69) is 175 Å². The highest BCUT2D eigenvalue weighted by molar-refractivity contribution is 5.84. The Labute approximate surface area is 740 Å². The maximum atomic E-state index is 12.9. The Morgan fingerprint density at radius 3 is 0.921 bits per heavy atom. The van der Waals surface area contributed by atoms with Crippen molar-refractivity contribution in [3.05, 3.63) is 332 Å². The van der Waals surface area contributed by atoms with Gasteiger partial charge >= 0.3 is 0 Å². The number of hydrogen-bond acceptors (Lipinski definition) is 14. The molecule has 2 N–H and O–H groups in total. The minimum Gasteiger partial charge on any atom is -0.395 e. The van der Waals surface area contributed by atoms with Gasteiger partial charge in [0.15, 0.2) is 0 Å². The van der Waals surface area contributed by atoms with Gasteiger partial charge in [-0.2, -0.15) is 20.4 Å². The molecule has 0 saturated carbocycles. The fraction of sp³-hybridized carbons (Fsp3) is 0.314. The molecule has 0 radical (unpaired) electrons. The molecule has 4 fully saturated rings. The van der Waals surface area contributed by atoms with Crippen LogP contribution in [0.4, 0.5) is 0 Å². The zero-order valence-corrected chi connectivity index (χ0v) is 73.5. The Morgan fingerprint density at radius 2 is 0.606 bits per heavy atom. The topological polar surface area (TPSA) is 213 Å². The number of aliphatic hydroxyl groups is 2. The number of aryl methyl sites for hydroxylation is 5. The zero-order valence-electron chi connectivity index (χ0n) is 73.5. The van der Waals surface area contributed by atoms with E-state index in [0.717, 1.165) is 208 Å². The van der Waals surface area contributed by atoms with Gasteiger partial charge in [0.05, 0.1) is 73.2 Å². The fourth-order valence-corrected chi connectivity index (χ4v) is 18.5. The summed E-state index contributed by atoms with van der Waals surface area (Å²) in [5.74, 6) is 0.549. The van der Waals surface area contributed by atoms with Crippen LogP contribution in [0.2, 0.25) is 0 Å². The molecule has 16 aromatic rings. The molecule has 12 heterocycles. The van der Waals surface area contributed by atoms with E-state index >= 15 is 0 Å². The standard InChI is InChI=1S/C27H30N4O.2C26H28N4O2.C26H28N4O/c1-20-5-7-22(8-6-20)23-11-14-30(27(32)16-23)25-9-10-26-24(15-25)17-28-31(26)19-21(2)18-29-12-3-4-13-29;2*1-19-4-6-20(7-5-19)21-10-12-29(26(32)16-21)23-8-9-25-22(15-23)17-27-30(25)14-13-28-11-2-3-24(28)18-31;1-20-5-7-21(8-6-20)22-11-16-29(26(31)18-22)24-9-10-25-23(17-24)19-27-30(25)15-4-14-28-12-2-3-13-28/h5-11,14-17,21H,3-4,12-13,18-19H2,1-2H3;2*4-10,12,15-17,24,31H,2-3,11,13-14,18H2,1H3;5-11,16-19H,2-4,12-15H2,1H3/t21-;2*24-;/m110./s1. The number of aliphatic hydroxyl groups excluding tert-OH is 2. The second kappa shape index (κ2) is 39.8. The van der Waals surface area contributed by atoms with E-state index in [1.165, 1.54) is 74.1 Å². The first-order chi connectivity index (χ1) is 62.0.